The van der Waals surface area contributed by atoms with Crippen molar-refractivity contribution >= 4 is 41.5 Å². The van der Waals surface area contributed by atoms with Gasteiger partial charge in [0.05, 0.1) is 13.2 Å². The molecule has 32 heavy (non-hydrogen) atoms. The third-order valence-electron chi connectivity index (χ3n) is 4.73. The Labute approximate surface area is 196 Å². The molecule has 1 fully saturated rings. The average molecular weight is 486 g/mol. The number of ether oxygens (including phenoxy) is 3. The summed E-state index contributed by atoms with van der Waals surface area (Å²) in [6.07, 6.45) is 0.606. The van der Waals surface area contributed by atoms with Crippen LogP contribution in [-0.2, 0) is 23.8 Å². The quantitative estimate of drug-likeness (QED) is 0.328. The Balaban J connectivity index is 2.20. The van der Waals surface area contributed by atoms with Crippen molar-refractivity contribution in [3.8, 4) is 0 Å². The first-order valence-electron chi connectivity index (χ1n) is 10.1. The van der Waals surface area contributed by atoms with E-state index in [1.165, 1.54) is 18.9 Å². The fourth-order valence-corrected chi connectivity index (χ4v) is 4.85. The van der Waals surface area contributed by atoms with Crippen molar-refractivity contribution in [2.45, 2.75) is 50.0 Å². The number of hydrogen-bond donors (Lipinski definition) is 1. The molecule has 8 nitrogen and oxygen atoms in total. The van der Waals surface area contributed by atoms with Crippen LogP contribution < -0.4 is 0 Å². The largest absolute Gasteiger partial charge is 0.509 e. The van der Waals surface area contributed by atoms with Crippen molar-refractivity contribution in [1.29, 1.82) is 0 Å². The summed E-state index contributed by atoms with van der Waals surface area (Å²) in [6, 6.07) is 6.22. The molecule has 10 heteroatoms. The minimum absolute atomic E-state index is 0.214. The van der Waals surface area contributed by atoms with E-state index in [4.69, 9.17) is 25.8 Å². The Bertz CT molecular complexity index is 860. The van der Waals surface area contributed by atoms with Gasteiger partial charge in [0, 0.05) is 29.4 Å². The minimum Gasteiger partial charge on any atom is -0.478 e. The highest BCUT2D eigenvalue weighted by Crippen LogP contribution is 2.36. The van der Waals surface area contributed by atoms with Crippen LogP contribution in [0.25, 0.3) is 0 Å². The lowest BCUT2D eigenvalue weighted by atomic mass is 9.98. The summed E-state index contributed by atoms with van der Waals surface area (Å²) in [5.41, 5.74) is 0.646. The van der Waals surface area contributed by atoms with E-state index < -0.39 is 29.6 Å². The van der Waals surface area contributed by atoms with Gasteiger partial charge < -0.3 is 19.3 Å². The molecule has 1 aliphatic heterocycles. The molecular weight excluding hydrogens is 458 g/mol. The fraction of sp³-hybridized carbons (Fsp3) is 0.500. The van der Waals surface area contributed by atoms with Crippen LogP contribution in [0.4, 0.5) is 4.79 Å². The van der Waals surface area contributed by atoms with Crippen LogP contribution in [0.2, 0.25) is 5.02 Å². The Hall–Kier alpha value is -2.23. The van der Waals surface area contributed by atoms with E-state index in [9.17, 15) is 19.5 Å². The lowest BCUT2D eigenvalue weighted by Crippen LogP contribution is -2.43. The molecule has 3 atom stereocenters. The molecule has 176 valence electrons. The standard InChI is InChI=1S/C22H28ClNO7S/c1-13(2)30-22(28)31-14(3)32-18-9-10-24(12-15(18)11-19(25)26)20(21(27)29-4)16-7-5-6-8-17(16)23/h5-8,11,13-14,18,20H,9-10,12H2,1-4H3,(H,25,26)/b15-11+/t14?,18?,20-/m0/s1. The first kappa shape index (κ1) is 26.0. The lowest BCUT2D eigenvalue weighted by Gasteiger charge is -2.38. The number of carbonyl (C=O) groups excluding carboxylic acids is 2. The Morgan fingerprint density at radius 1 is 1.22 bits per heavy atom. The van der Waals surface area contributed by atoms with Gasteiger partial charge >= 0.3 is 18.1 Å². The van der Waals surface area contributed by atoms with Gasteiger partial charge in [0.25, 0.3) is 0 Å². The minimum atomic E-state index is -1.09. The first-order chi connectivity index (χ1) is 15.1. The molecule has 0 saturated carbocycles. The lowest BCUT2D eigenvalue weighted by molar-refractivity contribution is -0.147. The van der Waals surface area contributed by atoms with Crippen LogP contribution in [0.1, 0.15) is 38.8 Å². The molecule has 1 aromatic carbocycles. The normalized spacial score (nSPS) is 19.9. The zero-order valence-electron chi connectivity index (χ0n) is 18.4. The molecule has 0 radical (unpaired) electrons. The van der Waals surface area contributed by atoms with Gasteiger partial charge in [-0.1, -0.05) is 29.8 Å². The molecule has 1 saturated heterocycles. The van der Waals surface area contributed by atoms with Crippen molar-refractivity contribution in [1.82, 2.24) is 4.90 Å². The van der Waals surface area contributed by atoms with E-state index >= 15 is 0 Å². The number of aliphatic carboxylic acids is 1. The number of carboxylic acid groups (broad SMARTS) is 1. The van der Waals surface area contributed by atoms with Crippen LogP contribution in [0, 0.1) is 0 Å². The second-order valence-electron chi connectivity index (χ2n) is 7.49. The van der Waals surface area contributed by atoms with Gasteiger partial charge in [-0.2, -0.15) is 0 Å². The van der Waals surface area contributed by atoms with Gasteiger partial charge in [0.1, 0.15) is 11.5 Å². The molecular formula is C22H28ClNO7S. The summed E-state index contributed by atoms with van der Waals surface area (Å²) >= 11 is 7.66. The number of rotatable bonds is 8. The number of carboxylic acids is 1. The van der Waals surface area contributed by atoms with Gasteiger partial charge in [0.15, 0.2) is 0 Å². The topological polar surface area (TPSA) is 102 Å². The number of carbonyl (C=O) groups is 3. The van der Waals surface area contributed by atoms with E-state index in [1.54, 1.807) is 45.0 Å². The van der Waals surface area contributed by atoms with Crippen molar-refractivity contribution in [2.75, 3.05) is 20.2 Å². The predicted molar refractivity (Wildman–Crippen MR) is 122 cm³/mol. The molecule has 0 bridgehead atoms. The summed E-state index contributed by atoms with van der Waals surface area (Å²) in [7, 11) is 1.30. The fourth-order valence-electron chi connectivity index (χ4n) is 3.45. The number of likely N-dealkylation sites (tertiary alicyclic amines) is 1. The molecule has 2 unspecified atom stereocenters. The van der Waals surface area contributed by atoms with Gasteiger partial charge in [-0.25, -0.2) is 14.4 Å². The highest BCUT2D eigenvalue weighted by atomic mass is 35.5. The number of hydrogen-bond acceptors (Lipinski definition) is 8. The smallest absolute Gasteiger partial charge is 0.478 e. The number of piperidine rings is 1. The monoisotopic (exact) mass is 485 g/mol. The molecule has 1 heterocycles. The van der Waals surface area contributed by atoms with Crippen molar-refractivity contribution in [3.05, 3.63) is 46.5 Å². The number of halogens is 1. The van der Waals surface area contributed by atoms with E-state index in [-0.39, 0.29) is 17.9 Å². The summed E-state index contributed by atoms with van der Waals surface area (Å²) in [4.78, 5) is 37.7. The third-order valence-corrected chi connectivity index (χ3v) is 6.42. The van der Waals surface area contributed by atoms with Gasteiger partial charge in [-0.15, -0.1) is 11.8 Å². The van der Waals surface area contributed by atoms with E-state index in [2.05, 4.69) is 0 Å². The number of benzene rings is 1. The number of methoxy groups -OCH3 is 1. The molecule has 2 rings (SSSR count). The molecule has 1 aromatic rings. The van der Waals surface area contributed by atoms with Crippen molar-refractivity contribution in [3.63, 3.8) is 0 Å². The summed E-state index contributed by atoms with van der Waals surface area (Å²) in [5.74, 6) is -1.57. The molecule has 1 aliphatic rings. The van der Waals surface area contributed by atoms with E-state index in [1.807, 2.05) is 4.90 Å². The van der Waals surface area contributed by atoms with Crippen LogP contribution in [-0.4, -0.2) is 65.1 Å². The number of nitrogens with zero attached hydrogens (tertiary/aromatic N) is 1. The number of esters is 1. The Kier molecular flexibility index (Phi) is 9.86. The maximum absolute atomic E-state index is 12.6. The second-order valence-corrected chi connectivity index (χ2v) is 9.40. The summed E-state index contributed by atoms with van der Waals surface area (Å²) in [5, 5.41) is 9.59. The summed E-state index contributed by atoms with van der Waals surface area (Å²) in [6.45, 7) is 5.86. The van der Waals surface area contributed by atoms with E-state index in [0.29, 0.717) is 29.1 Å². The maximum atomic E-state index is 12.6. The first-order valence-corrected chi connectivity index (χ1v) is 11.5. The predicted octanol–water partition coefficient (Wildman–Crippen LogP) is 4.28. The molecule has 0 spiro atoms. The Morgan fingerprint density at radius 2 is 1.91 bits per heavy atom. The third kappa shape index (κ3) is 7.43. The SMILES string of the molecule is COC(=O)[C@H](c1ccccc1Cl)N1CCC(SC(C)OC(=O)OC(C)C)/C(=C/C(=O)O)C1. The summed E-state index contributed by atoms with van der Waals surface area (Å²) < 4.78 is 15.3. The van der Waals surface area contributed by atoms with Gasteiger partial charge in [-0.3, -0.25) is 4.90 Å². The van der Waals surface area contributed by atoms with Crippen molar-refractivity contribution < 1.29 is 33.7 Å². The van der Waals surface area contributed by atoms with Crippen LogP contribution in [0.3, 0.4) is 0 Å². The van der Waals surface area contributed by atoms with Crippen molar-refractivity contribution in [2.24, 2.45) is 0 Å². The average Bonchev–Trinajstić information content (AvgIpc) is 2.70. The zero-order chi connectivity index (χ0) is 23.8. The zero-order valence-corrected chi connectivity index (χ0v) is 20.0. The second kappa shape index (κ2) is 12.1. The van der Waals surface area contributed by atoms with E-state index in [0.717, 1.165) is 6.08 Å². The van der Waals surface area contributed by atoms with Crippen LogP contribution in [0.15, 0.2) is 35.9 Å². The molecule has 1 N–H and O–H groups in total. The maximum Gasteiger partial charge on any atom is 0.509 e. The highest BCUT2D eigenvalue weighted by Gasteiger charge is 2.36. The number of thioether (sulfide) groups is 1. The molecule has 0 aromatic heterocycles. The van der Waals surface area contributed by atoms with Crippen LogP contribution >= 0.6 is 23.4 Å². The van der Waals surface area contributed by atoms with Gasteiger partial charge in [-0.05, 0) is 44.4 Å². The highest BCUT2D eigenvalue weighted by molar-refractivity contribution is 8.00. The van der Waals surface area contributed by atoms with Crippen LogP contribution in [0.5, 0.6) is 0 Å². The molecule has 0 aliphatic carbocycles. The Morgan fingerprint density at radius 3 is 2.50 bits per heavy atom. The molecule has 0 amide bonds. The van der Waals surface area contributed by atoms with Gasteiger partial charge in [0.2, 0.25) is 0 Å².